The molecule has 3 aromatic carbocycles. The Morgan fingerprint density at radius 2 is 1.80 bits per heavy atom. The van der Waals surface area contributed by atoms with Crippen molar-refractivity contribution in [1.82, 2.24) is 5.32 Å². The number of anilines is 2. The van der Waals surface area contributed by atoms with Crippen molar-refractivity contribution in [2.75, 3.05) is 23.4 Å². The van der Waals surface area contributed by atoms with Crippen LogP contribution >= 0.6 is 50.7 Å². The van der Waals surface area contributed by atoms with Gasteiger partial charge in [0, 0.05) is 10.7 Å². The Kier molecular flexibility index (Phi) is 9.36. The van der Waals surface area contributed by atoms with Gasteiger partial charge in [-0.05, 0) is 83.0 Å². The number of ether oxygens (including phenoxy) is 2. The number of hydrogen-bond acceptors (Lipinski definition) is 6. The molecule has 9 nitrogen and oxygen atoms in total. The van der Waals surface area contributed by atoms with Crippen LogP contribution in [-0.4, -0.2) is 37.0 Å². The summed E-state index contributed by atoms with van der Waals surface area (Å²) < 4.78 is 11.8. The number of rotatable bonds is 8. The average molecular weight is 668 g/mol. The normalized spacial score (nSPS) is 14.3. The second-order valence-electron chi connectivity index (χ2n) is 8.17. The number of nitrogens with one attached hydrogen (secondary N) is 2. The van der Waals surface area contributed by atoms with Crippen LogP contribution in [0.25, 0.3) is 6.08 Å². The Balaban J connectivity index is 1.57. The van der Waals surface area contributed by atoms with Gasteiger partial charge in [0.1, 0.15) is 5.57 Å². The van der Waals surface area contributed by atoms with Crippen LogP contribution in [0.5, 0.6) is 11.5 Å². The quantitative estimate of drug-likeness (QED) is 0.210. The van der Waals surface area contributed by atoms with Gasteiger partial charge in [-0.1, -0.05) is 40.9 Å². The Bertz CT molecular complexity index is 1560. The smallest absolute Gasteiger partial charge is 0.335 e. The van der Waals surface area contributed by atoms with E-state index in [1.165, 1.54) is 30.3 Å². The summed E-state index contributed by atoms with van der Waals surface area (Å²) in [5.41, 5.74) is 0.743. The molecule has 2 N–H and O–H groups in total. The molecule has 0 aromatic heterocycles. The molecule has 0 spiro atoms. The molecule has 0 unspecified atom stereocenters. The maximum atomic E-state index is 13.2. The van der Waals surface area contributed by atoms with Crippen molar-refractivity contribution in [1.29, 1.82) is 0 Å². The Labute approximate surface area is 252 Å². The van der Waals surface area contributed by atoms with Crippen molar-refractivity contribution >= 4 is 91.9 Å². The predicted octanol–water partition coefficient (Wildman–Crippen LogP) is 6.49. The van der Waals surface area contributed by atoms with Gasteiger partial charge in [0.15, 0.2) is 18.1 Å². The number of barbiturate groups is 1. The van der Waals surface area contributed by atoms with Crippen LogP contribution in [0.3, 0.4) is 0 Å². The molecule has 0 saturated carbocycles. The van der Waals surface area contributed by atoms with E-state index in [1.807, 2.05) is 0 Å². The molecule has 1 saturated heterocycles. The number of carbonyl (C=O) groups is 4. The average Bonchev–Trinajstić information content (AvgIpc) is 2.88. The zero-order valence-electron chi connectivity index (χ0n) is 20.6. The standard InChI is InChI=1S/C27H19BrCl3N3O6/c1-2-39-22-10-14(8-18-25(36)33-27(38)34(26(18)37)17-5-3-4-15(29)11-17)9-19(28)24(22)40-13-23(35)32-16-6-7-20(30)21(31)12-16/h3-12H,2,13H2,1H3,(H,32,35)(H,33,36,38)/b18-8+. The highest BCUT2D eigenvalue weighted by Gasteiger charge is 2.37. The van der Waals surface area contributed by atoms with Crippen molar-refractivity contribution in [3.63, 3.8) is 0 Å². The van der Waals surface area contributed by atoms with E-state index in [-0.39, 0.29) is 41.0 Å². The lowest BCUT2D eigenvalue weighted by atomic mass is 10.1. The van der Waals surface area contributed by atoms with Crippen LogP contribution in [-0.2, 0) is 14.4 Å². The van der Waals surface area contributed by atoms with Gasteiger partial charge >= 0.3 is 6.03 Å². The van der Waals surface area contributed by atoms with E-state index in [1.54, 1.807) is 37.3 Å². The summed E-state index contributed by atoms with van der Waals surface area (Å²) in [6, 6.07) is 13.0. The number of imide groups is 2. The van der Waals surface area contributed by atoms with Gasteiger partial charge in [0.25, 0.3) is 17.7 Å². The lowest BCUT2D eigenvalue weighted by molar-refractivity contribution is -0.122. The molecule has 0 bridgehead atoms. The highest BCUT2D eigenvalue weighted by molar-refractivity contribution is 9.10. The van der Waals surface area contributed by atoms with Crippen LogP contribution in [0.15, 0.2) is 64.6 Å². The van der Waals surface area contributed by atoms with Gasteiger partial charge in [-0.2, -0.15) is 0 Å². The summed E-state index contributed by atoms with van der Waals surface area (Å²) in [7, 11) is 0. The molecule has 1 fully saturated rings. The molecule has 1 aliphatic rings. The van der Waals surface area contributed by atoms with E-state index in [4.69, 9.17) is 44.3 Å². The molecule has 4 rings (SSSR count). The fraction of sp³-hybridized carbons (Fsp3) is 0.111. The minimum absolute atomic E-state index is 0.201. The molecule has 1 aliphatic heterocycles. The summed E-state index contributed by atoms with van der Waals surface area (Å²) in [5, 5.41) is 5.77. The molecule has 40 heavy (non-hydrogen) atoms. The molecule has 206 valence electrons. The lowest BCUT2D eigenvalue weighted by Gasteiger charge is -2.26. The first kappa shape index (κ1) is 29.4. The Hall–Kier alpha value is -3.57. The SMILES string of the molecule is CCOc1cc(/C=C2\C(=O)NC(=O)N(c3cccc(Cl)c3)C2=O)cc(Br)c1OCC(=O)Nc1ccc(Cl)c(Cl)c1. The van der Waals surface area contributed by atoms with Gasteiger partial charge in [0.2, 0.25) is 0 Å². The summed E-state index contributed by atoms with van der Waals surface area (Å²) in [6.07, 6.45) is 1.32. The Morgan fingerprint density at radius 3 is 2.50 bits per heavy atom. The topological polar surface area (TPSA) is 114 Å². The third-order valence-electron chi connectivity index (χ3n) is 5.36. The first-order chi connectivity index (χ1) is 19.1. The number of urea groups is 1. The molecule has 13 heteroatoms. The summed E-state index contributed by atoms with van der Waals surface area (Å²) in [6.45, 7) is 1.65. The number of hydrogen-bond donors (Lipinski definition) is 2. The van der Waals surface area contributed by atoms with E-state index in [0.717, 1.165) is 4.90 Å². The number of amides is 5. The molecule has 5 amide bonds. The summed E-state index contributed by atoms with van der Waals surface area (Å²) in [5.74, 6) is -1.68. The highest BCUT2D eigenvalue weighted by atomic mass is 79.9. The molecular weight excluding hydrogens is 649 g/mol. The second kappa shape index (κ2) is 12.7. The molecule has 3 aromatic rings. The first-order valence-corrected chi connectivity index (χ1v) is 13.5. The van der Waals surface area contributed by atoms with Crippen molar-refractivity contribution in [3.05, 3.63) is 85.3 Å². The molecule has 0 radical (unpaired) electrons. The van der Waals surface area contributed by atoms with E-state index in [0.29, 0.717) is 25.8 Å². The number of nitrogens with zero attached hydrogens (tertiary/aromatic N) is 1. The second-order valence-corrected chi connectivity index (χ2v) is 10.3. The summed E-state index contributed by atoms with van der Waals surface area (Å²) >= 11 is 21.3. The van der Waals surface area contributed by atoms with Gasteiger partial charge in [-0.15, -0.1) is 0 Å². The van der Waals surface area contributed by atoms with Gasteiger partial charge in [-0.25, -0.2) is 9.69 Å². The zero-order valence-corrected chi connectivity index (χ0v) is 24.5. The monoisotopic (exact) mass is 665 g/mol. The van der Waals surface area contributed by atoms with Crippen LogP contribution in [0.4, 0.5) is 16.2 Å². The van der Waals surface area contributed by atoms with Crippen LogP contribution < -0.4 is 25.0 Å². The summed E-state index contributed by atoms with van der Waals surface area (Å²) in [4.78, 5) is 51.5. The van der Waals surface area contributed by atoms with E-state index in [2.05, 4.69) is 26.6 Å². The molecule has 1 heterocycles. The van der Waals surface area contributed by atoms with Crippen molar-refractivity contribution in [2.24, 2.45) is 0 Å². The van der Waals surface area contributed by atoms with Crippen LogP contribution in [0.2, 0.25) is 15.1 Å². The van der Waals surface area contributed by atoms with Gasteiger partial charge in [0.05, 0.1) is 26.8 Å². The number of carbonyl (C=O) groups excluding carboxylic acids is 4. The van der Waals surface area contributed by atoms with Gasteiger partial charge < -0.3 is 14.8 Å². The molecular formula is C27H19BrCl3N3O6. The lowest BCUT2D eigenvalue weighted by Crippen LogP contribution is -2.54. The number of halogens is 4. The van der Waals surface area contributed by atoms with Crippen LogP contribution in [0, 0.1) is 0 Å². The molecule has 0 atom stereocenters. The van der Waals surface area contributed by atoms with Crippen molar-refractivity contribution in [2.45, 2.75) is 6.92 Å². The van der Waals surface area contributed by atoms with Crippen molar-refractivity contribution in [3.8, 4) is 11.5 Å². The first-order valence-electron chi connectivity index (χ1n) is 11.6. The maximum absolute atomic E-state index is 13.2. The fourth-order valence-electron chi connectivity index (χ4n) is 3.66. The fourth-order valence-corrected chi connectivity index (χ4v) is 4.71. The minimum atomic E-state index is -0.895. The largest absolute Gasteiger partial charge is 0.490 e. The van der Waals surface area contributed by atoms with E-state index >= 15 is 0 Å². The van der Waals surface area contributed by atoms with Crippen molar-refractivity contribution < 1.29 is 28.7 Å². The predicted molar refractivity (Wildman–Crippen MR) is 156 cm³/mol. The minimum Gasteiger partial charge on any atom is -0.490 e. The maximum Gasteiger partial charge on any atom is 0.335 e. The molecule has 0 aliphatic carbocycles. The van der Waals surface area contributed by atoms with Crippen LogP contribution in [0.1, 0.15) is 12.5 Å². The van der Waals surface area contributed by atoms with E-state index < -0.39 is 23.8 Å². The highest BCUT2D eigenvalue weighted by Crippen LogP contribution is 2.38. The Morgan fingerprint density at radius 1 is 1.02 bits per heavy atom. The zero-order chi connectivity index (χ0) is 29.0. The van der Waals surface area contributed by atoms with E-state index in [9.17, 15) is 19.2 Å². The van der Waals surface area contributed by atoms with Gasteiger partial charge in [-0.3, -0.25) is 19.7 Å². The number of benzene rings is 3. The third kappa shape index (κ3) is 6.76. The third-order valence-corrected chi connectivity index (χ3v) is 6.92.